The van der Waals surface area contributed by atoms with E-state index in [1.54, 1.807) is 12.3 Å². The van der Waals surface area contributed by atoms with Crippen molar-refractivity contribution in [3.8, 4) is 18.1 Å². The van der Waals surface area contributed by atoms with E-state index in [2.05, 4.69) is 32.2 Å². The van der Waals surface area contributed by atoms with Crippen LogP contribution in [0.5, 0.6) is 5.75 Å². The lowest BCUT2D eigenvalue weighted by molar-refractivity contribution is 0.480. The van der Waals surface area contributed by atoms with Crippen molar-refractivity contribution in [2.45, 2.75) is 4.95 Å². The van der Waals surface area contributed by atoms with E-state index in [9.17, 15) is 5.11 Å². The molecule has 4 heteroatoms. The van der Waals surface area contributed by atoms with Crippen LogP contribution in [-0.4, -0.2) is 16.6 Å². The second kappa shape index (κ2) is 5.17. The van der Waals surface area contributed by atoms with E-state index in [4.69, 9.17) is 6.42 Å². The third kappa shape index (κ3) is 2.41. The molecule has 0 saturated carbocycles. The first kappa shape index (κ1) is 11.9. The monoisotopic (exact) mass is 290 g/mol. The van der Waals surface area contributed by atoms with Crippen LogP contribution in [0.15, 0.2) is 30.5 Å². The van der Waals surface area contributed by atoms with Crippen molar-refractivity contribution < 1.29 is 5.11 Å². The predicted molar refractivity (Wildman–Crippen MR) is 71.9 cm³/mol. The lowest BCUT2D eigenvalue weighted by Gasteiger charge is -2.13. The van der Waals surface area contributed by atoms with Gasteiger partial charge in [-0.2, -0.15) is 0 Å². The van der Waals surface area contributed by atoms with Crippen molar-refractivity contribution >= 4 is 26.8 Å². The largest absolute Gasteiger partial charge is 0.506 e. The molecule has 0 spiro atoms. The molecule has 2 N–H and O–H groups in total. The third-order valence-corrected chi connectivity index (χ3v) is 3.26. The number of halogens is 1. The van der Waals surface area contributed by atoms with E-state index in [0.29, 0.717) is 12.1 Å². The summed E-state index contributed by atoms with van der Waals surface area (Å²) in [5.41, 5.74) is 1.60. The normalized spacial score (nSPS) is 12.2. The molecule has 2 rings (SSSR count). The molecule has 1 atom stereocenters. The molecule has 0 amide bonds. The molecule has 0 radical (unpaired) electrons. The van der Waals surface area contributed by atoms with E-state index in [0.717, 1.165) is 10.9 Å². The van der Waals surface area contributed by atoms with Crippen molar-refractivity contribution in [1.29, 1.82) is 0 Å². The number of phenolic OH excluding ortho intramolecular Hbond substituents is 1. The number of benzene rings is 1. The van der Waals surface area contributed by atoms with Gasteiger partial charge in [-0.15, -0.1) is 6.42 Å². The summed E-state index contributed by atoms with van der Waals surface area (Å²) in [6.07, 6.45) is 6.86. The van der Waals surface area contributed by atoms with Crippen LogP contribution in [0.1, 0.15) is 10.5 Å². The van der Waals surface area contributed by atoms with Gasteiger partial charge in [0, 0.05) is 11.6 Å². The molecular formula is C13H11BrN2O. The molecule has 3 nitrogen and oxygen atoms in total. The van der Waals surface area contributed by atoms with Crippen LogP contribution in [-0.2, 0) is 0 Å². The summed E-state index contributed by atoms with van der Waals surface area (Å²) in [7, 11) is 0. The van der Waals surface area contributed by atoms with Crippen LogP contribution in [0.3, 0.4) is 0 Å². The average molecular weight is 291 g/mol. The summed E-state index contributed by atoms with van der Waals surface area (Å²) < 4.78 is 0. The zero-order valence-electron chi connectivity index (χ0n) is 9.02. The van der Waals surface area contributed by atoms with Crippen LogP contribution >= 0.6 is 15.9 Å². The third-order valence-electron chi connectivity index (χ3n) is 2.44. The number of rotatable bonds is 3. The van der Waals surface area contributed by atoms with Gasteiger partial charge in [0.15, 0.2) is 0 Å². The molecule has 17 heavy (non-hydrogen) atoms. The molecule has 1 aromatic carbocycles. The highest BCUT2D eigenvalue weighted by Gasteiger charge is 2.12. The summed E-state index contributed by atoms with van der Waals surface area (Å²) in [5, 5.41) is 13.8. The number of terminal acetylenes is 1. The Morgan fingerprint density at radius 3 is 3.06 bits per heavy atom. The van der Waals surface area contributed by atoms with Crippen LogP contribution in [0, 0.1) is 12.3 Å². The van der Waals surface area contributed by atoms with E-state index >= 15 is 0 Å². The number of phenols is 1. The lowest BCUT2D eigenvalue weighted by atomic mass is 10.1. The Bertz CT molecular complexity index is 577. The zero-order chi connectivity index (χ0) is 12.3. The zero-order valence-corrected chi connectivity index (χ0v) is 10.6. The highest BCUT2D eigenvalue weighted by molar-refractivity contribution is 9.09. The SMILES string of the molecule is C#CCNC(Br)c1ccc(O)c2ncccc12. The lowest BCUT2D eigenvalue weighted by Crippen LogP contribution is -2.16. The summed E-state index contributed by atoms with van der Waals surface area (Å²) >= 11 is 3.52. The smallest absolute Gasteiger partial charge is 0.141 e. The Balaban J connectivity index is 2.48. The molecule has 86 valence electrons. The van der Waals surface area contributed by atoms with E-state index in [1.807, 2.05) is 18.2 Å². The topological polar surface area (TPSA) is 45.1 Å². The maximum atomic E-state index is 9.72. The first-order valence-electron chi connectivity index (χ1n) is 5.11. The summed E-state index contributed by atoms with van der Waals surface area (Å²) in [6, 6.07) is 7.24. The van der Waals surface area contributed by atoms with Gasteiger partial charge in [0.2, 0.25) is 0 Å². The minimum Gasteiger partial charge on any atom is -0.506 e. The van der Waals surface area contributed by atoms with Gasteiger partial charge in [0.05, 0.1) is 11.5 Å². The number of nitrogens with one attached hydrogen (secondary N) is 1. The fourth-order valence-corrected chi connectivity index (χ4v) is 2.22. The number of aromatic nitrogens is 1. The molecule has 1 unspecified atom stereocenters. The number of aromatic hydroxyl groups is 1. The molecule has 0 bridgehead atoms. The summed E-state index contributed by atoms with van der Waals surface area (Å²) in [4.78, 5) is 4.10. The van der Waals surface area contributed by atoms with Crippen LogP contribution in [0.25, 0.3) is 10.9 Å². The number of nitrogens with zero attached hydrogens (tertiary/aromatic N) is 1. The molecule has 0 fully saturated rings. The second-order valence-corrected chi connectivity index (χ2v) is 4.44. The number of pyridine rings is 1. The minimum atomic E-state index is -0.0640. The van der Waals surface area contributed by atoms with Gasteiger partial charge in [0.25, 0.3) is 0 Å². The molecule has 0 aliphatic carbocycles. The fourth-order valence-electron chi connectivity index (χ4n) is 1.66. The molecule has 2 aromatic rings. The van der Waals surface area contributed by atoms with Gasteiger partial charge in [-0.3, -0.25) is 10.3 Å². The summed E-state index contributed by atoms with van der Waals surface area (Å²) in [6.45, 7) is 0.471. The maximum Gasteiger partial charge on any atom is 0.141 e. The fraction of sp³-hybridized carbons (Fsp3) is 0.154. The van der Waals surface area contributed by atoms with E-state index < -0.39 is 0 Å². The standard InChI is InChI=1S/C13H11BrN2O/c1-2-7-16-13(14)10-5-6-11(17)12-9(10)4-3-8-15-12/h1,3-6,8,13,16-17H,7H2. The van der Waals surface area contributed by atoms with Crippen molar-refractivity contribution in [3.63, 3.8) is 0 Å². The predicted octanol–water partition coefficient (Wildman–Crippen LogP) is 2.56. The molecular weight excluding hydrogens is 280 g/mol. The minimum absolute atomic E-state index is 0.0640. The number of hydrogen-bond acceptors (Lipinski definition) is 3. The van der Waals surface area contributed by atoms with Crippen LogP contribution in [0.4, 0.5) is 0 Å². The van der Waals surface area contributed by atoms with Gasteiger partial charge < -0.3 is 5.11 Å². The van der Waals surface area contributed by atoms with Gasteiger partial charge in [-0.1, -0.05) is 34.0 Å². The van der Waals surface area contributed by atoms with Crippen LogP contribution < -0.4 is 5.32 Å². The first-order chi connectivity index (χ1) is 8.24. The van der Waals surface area contributed by atoms with Crippen LogP contribution in [0.2, 0.25) is 0 Å². The van der Waals surface area contributed by atoms with Crippen molar-refractivity contribution in [1.82, 2.24) is 10.3 Å². The Labute approximate surface area is 108 Å². The van der Waals surface area contributed by atoms with Gasteiger partial charge in [-0.05, 0) is 17.7 Å². The first-order valence-corrected chi connectivity index (χ1v) is 6.03. The Hall–Kier alpha value is -1.57. The van der Waals surface area contributed by atoms with Gasteiger partial charge in [0.1, 0.15) is 11.3 Å². The summed E-state index contributed by atoms with van der Waals surface area (Å²) in [5.74, 6) is 2.70. The molecule has 1 aromatic heterocycles. The average Bonchev–Trinajstić information content (AvgIpc) is 2.37. The van der Waals surface area contributed by atoms with E-state index in [1.165, 1.54) is 0 Å². The molecule has 0 saturated heterocycles. The van der Waals surface area contributed by atoms with Crippen molar-refractivity contribution in [3.05, 3.63) is 36.0 Å². The van der Waals surface area contributed by atoms with Crippen molar-refractivity contribution in [2.75, 3.05) is 6.54 Å². The Kier molecular flexibility index (Phi) is 3.62. The maximum absolute atomic E-state index is 9.72. The highest BCUT2D eigenvalue weighted by Crippen LogP contribution is 2.31. The number of fused-ring (bicyclic) bond motifs is 1. The second-order valence-electron chi connectivity index (χ2n) is 3.52. The van der Waals surface area contributed by atoms with Crippen molar-refractivity contribution in [2.24, 2.45) is 0 Å². The number of alkyl halides is 1. The Morgan fingerprint density at radius 2 is 2.29 bits per heavy atom. The molecule has 0 aliphatic heterocycles. The Morgan fingerprint density at radius 1 is 1.47 bits per heavy atom. The number of hydrogen-bond donors (Lipinski definition) is 2. The highest BCUT2D eigenvalue weighted by atomic mass is 79.9. The molecule has 1 heterocycles. The quantitative estimate of drug-likeness (QED) is 0.519. The van der Waals surface area contributed by atoms with E-state index in [-0.39, 0.29) is 10.7 Å². The van der Waals surface area contributed by atoms with Gasteiger partial charge >= 0.3 is 0 Å². The molecule has 0 aliphatic rings. The van der Waals surface area contributed by atoms with Gasteiger partial charge in [-0.25, -0.2) is 0 Å².